The lowest BCUT2D eigenvalue weighted by molar-refractivity contribution is -0.274. The quantitative estimate of drug-likeness (QED) is 0.230. The average molecular weight is 457 g/mol. The van der Waals surface area contributed by atoms with Crippen LogP contribution in [0.1, 0.15) is 15.9 Å². The normalized spacial score (nSPS) is 11.5. The fraction of sp³-hybridized carbons (Fsp3) is 0.0833. The molecule has 0 fully saturated rings. The Balaban J connectivity index is 1.75. The molecule has 0 saturated heterocycles. The summed E-state index contributed by atoms with van der Waals surface area (Å²) in [6.45, 7) is 0.270. The van der Waals surface area contributed by atoms with Gasteiger partial charge >= 0.3 is 12.3 Å². The van der Waals surface area contributed by atoms with E-state index in [1.165, 1.54) is 30.5 Å². The molecule has 1 heterocycles. The molecule has 1 N–H and O–H groups in total. The minimum absolute atomic E-state index is 0.0292. The third kappa shape index (κ3) is 4.87. The molecule has 5 nitrogen and oxygen atoms in total. The number of hydrogen-bond acceptors (Lipinski definition) is 3. The smallest absolute Gasteiger partial charge is 0.475 e. The van der Waals surface area contributed by atoms with E-state index in [0.717, 1.165) is 17.7 Å². The fourth-order valence-corrected chi connectivity index (χ4v) is 3.54. The number of halogens is 4. The second kappa shape index (κ2) is 8.42. The van der Waals surface area contributed by atoms with E-state index >= 15 is 0 Å². The van der Waals surface area contributed by atoms with Crippen LogP contribution in [0.15, 0.2) is 72.9 Å². The van der Waals surface area contributed by atoms with Crippen molar-refractivity contribution in [3.05, 3.63) is 89.9 Å². The monoisotopic (exact) mass is 457 g/mol. The molecule has 9 heteroatoms. The van der Waals surface area contributed by atoms with Crippen LogP contribution in [0.25, 0.3) is 22.0 Å². The minimum atomic E-state index is -4.81. The number of nitrogens with zero attached hydrogens (tertiary/aromatic N) is 1. The van der Waals surface area contributed by atoms with Gasteiger partial charge in [-0.25, -0.2) is 9.18 Å². The third-order valence-corrected chi connectivity index (χ3v) is 5.01. The number of rotatable bonds is 6. The highest BCUT2D eigenvalue weighted by atomic mass is 19.4. The number of hydrogen-bond donors (Lipinski definition) is 1. The van der Waals surface area contributed by atoms with E-state index in [1.807, 2.05) is 0 Å². The first-order chi connectivity index (χ1) is 15.6. The molecule has 0 aliphatic heterocycles. The molecule has 0 unspecified atom stereocenters. The van der Waals surface area contributed by atoms with E-state index in [4.69, 9.17) is 0 Å². The maximum atomic E-state index is 13.2. The molecule has 0 saturated carbocycles. The fourth-order valence-electron chi connectivity index (χ4n) is 3.54. The standard InChI is InChI=1S/C24H15F4NO4/c25-17-6-1-14(2-7-17)12-29-13-20(22(30)23(31)32)19-11-16(5-10-21(19)29)15-3-8-18(9-4-15)33-24(26,27)28/h1-11,13H,12H2,(H,31,32). The first-order valence-electron chi connectivity index (χ1n) is 9.62. The lowest BCUT2D eigenvalue weighted by Crippen LogP contribution is -2.16. The predicted molar refractivity (Wildman–Crippen MR) is 112 cm³/mol. The lowest BCUT2D eigenvalue weighted by atomic mass is 10.0. The first kappa shape index (κ1) is 22.1. The van der Waals surface area contributed by atoms with Gasteiger partial charge in [0.1, 0.15) is 11.6 Å². The average Bonchev–Trinajstić information content (AvgIpc) is 3.11. The van der Waals surface area contributed by atoms with E-state index in [2.05, 4.69) is 4.74 Å². The number of fused-ring (bicyclic) bond motifs is 1. The number of Topliss-reactive ketones (excluding diaryl/α,β-unsaturated/α-hetero) is 1. The zero-order chi connectivity index (χ0) is 23.8. The highest BCUT2D eigenvalue weighted by Crippen LogP contribution is 2.31. The molecule has 0 radical (unpaired) electrons. The molecule has 4 rings (SSSR count). The van der Waals surface area contributed by atoms with Crippen LogP contribution in [0, 0.1) is 5.82 Å². The molecule has 33 heavy (non-hydrogen) atoms. The van der Waals surface area contributed by atoms with Crippen LogP contribution in [0.5, 0.6) is 5.75 Å². The zero-order valence-electron chi connectivity index (χ0n) is 16.8. The van der Waals surface area contributed by atoms with Crippen molar-refractivity contribution in [3.8, 4) is 16.9 Å². The summed E-state index contributed by atoms with van der Waals surface area (Å²) in [5, 5.41) is 9.60. The molecule has 0 amide bonds. The van der Waals surface area contributed by atoms with Gasteiger partial charge in [-0.15, -0.1) is 13.2 Å². The van der Waals surface area contributed by atoms with Crippen LogP contribution in [0.3, 0.4) is 0 Å². The maximum absolute atomic E-state index is 13.2. The van der Waals surface area contributed by atoms with Gasteiger partial charge in [-0.05, 0) is 53.1 Å². The van der Waals surface area contributed by atoms with Crippen LogP contribution < -0.4 is 4.74 Å². The largest absolute Gasteiger partial charge is 0.573 e. The zero-order valence-corrected chi connectivity index (χ0v) is 16.8. The number of carbonyl (C=O) groups excluding carboxylic acids is 1. The Bertz CT molecular complexity index is 1340. The van der Waals surface area contributed by atoms with Crippen molar-refractivity contribution in [2.45, 2.75) is 12.9 Å². The summed E-state index contributed by atoms with van der Waals surface area (Å²) >= 11 is 0. The lowest BCUT2D eigenvalue weighted by Gasteiger charge is -2.10. The van der Waals surface area contributed by atoms with Crippen molar-refractivity contribution in [2.75, 3.05) is 0 Å². The Hall–Kier alpha value is -4.14. The van der Waals surface area contributed by atoms with Gasteiger partial charge in [0.25, 0.3) is 5.78 Å². The van der Waals surface area contributed by atoms with Gasteiger partial charge in [0.2, 0.25) is 0 Å². The molecule has 0 aliphatic carbocycles. The number of carbonyl (C=O) groups is 2. The molecule has 0 spiro atoms. The van der Waals surface area contributed by atoms with E-state index in [1.54, 1.807) is 34.9 Å². The first-order valence-corrected chi connectivity index (χ1v) is 9.62. The van der Waals surface area contributed by atoms with Gasteiger partial charge in [0, 0.05) is 23.6 Å². The number of aliphatic carboxylic acids is 1. The summed E-state index contributed by atoms with van der Waals surface area (Å²) in [6, 6.07) is 15.9. The molecule has 1 aromatic heterocycles. The Morgan fingerprint density at radius 1 is 0.909 bits per heavy atom. The van der Waals surface area contributed by atoms with E-state index in [0.29, 0.717) is 22.0 Å². The number of ether oxygens (including phenoxy) is 1. The van der Waals surface area contributed by atoms with Crippen LogP contribution in [-0.2, 0) is 11.3 Å². The van der Waals surface area contributed by atoms with Gasteiger partial charge < -0.3 is 14.4 Å². The second-order valence-electron chi connectivity index (χ2n) is 7.24. The number of aromatic nitrogens is 1. The molecule has 0 bridgehead atoms. The highest BCUT2D eigenvalue weighted by molar-refractivity contribution is 6.42. The van der Waals surface area contributed by atoms with E-state index < -0.39 is 23.9 Å². The second-order valence-corrected chi connectivity index (χ2v) is 7.24. The Morgan fingerprint density at radius 3 is 2.15 bits per heavy atom. The number of alkyl halides is 3. The van der Waals surface area contributed by atoms with E-state index in [9.17, 15) is 32.3 Å². The minimum Gasteiger partial charge on any atom is -0.475 e. The molecule has 0 aliphatic rings. The van der Waals surface area contributed by atoms with Crippen LogP contribution in [0.4, 0.5) is 17.6 Å². The number of carboxylic acid groups (broad SMARTS) is 1. The predicted octanol–water partition coefficient (Wildman–Crippen LogP) is 5.66. The summed E-state index contributed by atoms with van der Waals surface area (Å²) in [7, 11) is 0. The number of carboxylic acids is 1. The van der Waals surface area contributed by atoms with Gasteiger partial charge in [-0.2, -0.15) is 0 Å². The molecule has 0 atom stereocenters. The Kier molecular flexibility index (Phi) is 5.63. The van der Waals surface area contributed by atoms with Crippen molar-refractivity contribution < 1.29 is 37.0 Å². The maximum Gasteiger partial charge on any atom is 0.573 e. The van der Waals surface area contributed by atoms with Crippen LogP contribution >= 0.6 is 0 Å². The summed E-state index contributed by atoms with van der Waals surface area (Å²) in [5.41, 5.74) is 2.40. The molecule has 3 aromatic carbocycles. The van der Waals surface area contributed by atoms with Crippen molar-refractivity contribution in [2.24, 2.45) is 0 Å². The molecular formula is C24H15F4NO4. The van der Waals surface area contributed by atoms with Crippen LogP contribution in [0.2, 0.25) is 0 Å². The third-order valence-electron chi connectivity index (χ3n) is 5.01. The van der Waals surface area contributed by atoms with Gasteiger partial charge in [-0.3, -0.25) is 4.79 Å². The van der Waals surface area contributed by atoms with Crippen molar-refractivity contribution in [3.63, 3.8) is 0 Å². The highest BCUT2D eigenvalue weighted by Gasteiger charge is 2.31. The van der Waals surface area contributed by atoms with Crippen LogP contribution in [-0.4, -0.2) is 27.8 Å². The van der Waals surface area contributed by atoms with Crippen molar-refractivity contribution in [1.29, 1.82) is 0 Å². The Morgan fingerprint density at radius 2 is 1.55 bits per heavy atom. The summed E-state index contributed by atoms with van der Waals surface area (Å²) in [6.07, 6.45) is -3.38. The topological polar surface area (TPSA) is 68.5 Å². The number of ketones is 1. The molecule has 4 aromatic rings. The van der Waals surface area contributed by atoms with Crippen molar-refractivity contribution >= 4 is 22.7 Å². The number of benzene rings is 3. The van der Waals surface area contributed by atoms with Gasteiger partial charge in [0.05, 0.1) is 5.56 Å². The molecule has 168 valence electrons. The Labute approximate surface area is 184 Å². The SMILES string of the molecule is O=C(O)C(=O)c1cn(Cc2ccc(F)cc2)c2ccc(-c3ccc(OC(F)(F)F)cc3)cc12. The van der Waals surface area contributed by atoms with Gasteiger partial charge in [-0.1, -0.05) is 30.3 Å². The summed E-state index contributed by atoms with van der Waals surface area (Å²) in [5.74, 6) is -3.48. The van der Waals surface area contributed by atoms with E-state index in [-0.39, 0.29) is 17.9 Å². The molecular weight excluding hydrogens is 442 g/mol. The van der Waals surface area contributed by atoms with Crippen molar-refractivity contribution in [1.82, 2.24) is 4.57 Å². The summed E-state index contributed by atoms with van der Waals surface area (Å²) < 4.78 is 55.9. The van der Waals surface area contributed by atoms with Gasteiger partial charge in [0.15, 0.2) is 0 Å². The summed E-state index contributed by atoms with van der Waals surface area (Å²) in [4.78, 5) is 23.7.